The number of nitrogens with zero attached hydrogens (tertiary/aromatic N) is 2. The Bertz CT molecular complexity index is 1020. The number of fused-ring (bicyclic) bond motifs is 2. The fraction of sp³-hybridized carbons (Fsp3) is 0.190. The zero-order valence-electron chi connectivity index (χ0n) is 14.2. The minimum absolute atomic E-state index is 0.00562. The smallest absolute Gasteiger partial charge is 0.130 e. The van der Waals surface area contributed by atoms with Crippen molar-refractivity contribution in [3.8, 4) is 5.75 Å². The molecule has 2 aromatic carbocycles. The number of para-hydroxylation sites is 1. The molecule has 4 rings (SSSR count). The average molecular weight is 331 g/mol. The number of ether oxygens (including phenoxy) is 1. The summed E-state index contributed by atoms with van der Waals surface area (Å²) in [5.41, 5.74) is 9.19. The van der Waals surface area contributed by atoms with Crippen LogP contribution >= 0.6 is 0 Å². The van der Waals surface area contributed by atoms with Crippen molar-refractivity contribution in [1.29, 1.82) is 0 Å². The number of rotatable bonds is 5. The highest BCUT2D eigenvalue weighted by Gasteiger charge is 2.08. The van der Waals surface area contributed by atoms with E-state index in [-0.39, 0.29) is 6.17 Å². The van der Waals surface area contributed by atoms with E-state index >= 15 is 0 Å². The molecule has 0 bridgehead atoms. The molecule has 0 fully saturated rings. The third kappa shape index (κ3) is 3.08. The van der Waals surface area contributed by atoms with Crippen LogP contribution in [0.3, 0.4) is 0 Å². The van der Waals surface area contributed by atoms with Crippen molar-refractivity contribution in [1.82, 2.24) is 9.55 Å². The molecule has 0 aliphatic carbocycles. The van der Waals surface area contributed by atoms with Crippen LogP contribution in [0, 0.1) is 0 Å². The molecule has 2 N–H and O–H groups in total. The van der Waals surface area contributed by atoms with Crippen LogP contribution in [0.25, 0.3) is 21.8 Å². The van der Waals surface area contributed by atoms with Crippen molar-refractivity contribution in [2.75, 3.05) is 0 Å². The van der Waals surface area contributed by atoms with Gasteiger partial charge in [-0.2, -0.15) is 0 Å². The van der Waals surface area contributed by atoms with Crippen LogP contribution in [-0.2, 0) is 6.61 Å². The molecule has 0 aliphatic rings. The average Bonchev–Trinajstić information content (AvgIpc) is 3.09. The van der Waals surface area contributed by atoms with Gasteiger partial charge in [0.1, 0.15) is 12.4 Å². The largest absolute Gasteiger partial charge is 0.487 e. The molecule has 2 aromatic heterocycles. The lowest BCUT2D eigenvalue weighted by atomic mass is 10.2. The van der Waals surface area contributed by atoms with Crippen LogP contribution in [-0.4, -0.2) is 9.55 Å². The van der Waals surface area contributed by atoms with Gasteiger partial charge in [-0.05, 0) is 42.8 Å². The van der Waals surface area contributed by atoms with E-state index in [2.05, 4.69) is 46.8 Å². The normalized spacial score (nSPS) is 12.6. The van der Waals surface area contributed by atoms with Crippen LogP contribution in [0.2, 0.25) is 0 Å². The number of benzene rings is 2. The maximum absolute atomic E-state index is 6.15. The molecule has 1 atom stereocenters. The molecule has 1 unspecified atom stereocenters. The maximum atomic E-state index is 6.15. The molecule has 0 saturated heterocycles. The predicted molar refractivity (Wildman–Crippen MR) is 102 cm³/mol. The van der Waals surface area contributed by atoms with Gasteiger partial charge in [0.25, 0.3) is 0 Å². The molecule has 25 heavy (non-hydrogen) atoms. The first-order valence-electron chi connectivity index (χ1n) is 8.58. The number of nitrogens with two attached hydrogens (primary N) is 1. The van der Waals surface area contributed by atoms with Crippen molar-refractivity contribution in [3.05, 3.63) is 72.6 Å². The van der Waals surface area contributed by atoms with Gasteiger partial charge >= 0.3 is 0 Å². The quantitative estimate of drug-likeness (QED) is 0.580. The monoisotopic (exact) mass is 331 g/mol. The number of hydrogen-bond acceptors (Lipinski definition) is 3. The molecule has 4 aromatic rings. The number of hydrogen-bond donors (Lipinski definition) is 1. The highest BCUT2D eigenvalue weighted by Crippen LogP contribution is 2.25. The third-order valence-corrected chi connectivity index (χ3v) is 4.51. The molecule has 0 amide bonds. The Morgan fingerprint density at radius 1 is 1.04 bits per heavy atom. The first-order valence-corrected chi connectivity index (χ1v) is 8.58. The topological polar surface area (TPSA) is 53.1 Å². The first kappa shape index (κ1) is 15.7. The summed E-state index contributed by atoms with van der Waals surface area (Å²) in [5.74, 6) is 0.838. The lowest BCUT2D eigenvalue weighted by molar-refractivity contribution is 0.302. The number of pyridine rings is 1. The lowest BCUT2D eigenvalue weighted by Crippen LogP contribution is -2.16. The van der Waals surface area contributed by atoms with Gasteiger partial charge in [-0.25, -0.2) is 4.98 Å². The zero-order valence-corrected chi connectivity index (χ0v) is 14.2. The second kappa shape index (κ2) is 6.57. The van der Waals surface area contributed by atoms with Gasteiger partial charge in [0.2, 0.25) is 0 Å². The summed E-state index contributed by atoms with van der Waals surface area (Å²) >= 11 is 0. The van der Waals surface area contributed by atoms with E-state index in [4.69, 9.17) is 10.5 Å². The summed E-state index contributed by atoms with van der Waals surface area (Å²) in [6.07, 6.45) is 2.94. The van der Waals surface area contributed by atoms with E-state index in [1.165, 1.54) is 0 Å². The van der Waals surface area contributed by atoms with Gasteiger partial charge in [-0.3, -0.25) is 0 Å². The Balaban J connectivity index is 1.54. The van der Waals surface area contributed by atoms with Crippen molar-refractivity contribution < 1.29 is 4.74 Å². The fourth-order valence-corrected chi connectivity index (χ4v) is 3.06. The molecule has 4 nitrogen and oxygen atoms in total. The second-order valence-electron chi connectivity index (χ2n) is 6.20. The van der Waals surface area contributed by atoms with Crippen LogP contribution in [0.5, 0.6) is 5.75 Å². The second-order valence-corrected chi connectivity index (χ2v) is 6.20. The highest BCUT2D eigenvalue weighted by atomic mass is 16.5. The van der Waals surface area contributed by atoms with E-state index in [9.17, 15) is 0 Å². The molecular formula is C21H21N3O. The van der Waals surface area contributed by atoms with Crippen molar-refractivity contribution in [2.45, 2.75) is 26.1 Å². The van der Waals surface area contributed by atoms with E-state index in [1.54, 1.807) is 0 Å². The molecule has 0 spiro atoms. The van der Waals surface area contributed by atoms with Crippen LogP contribution in [0.1, 0.15) is 25.2 Å². The Morgan fingerprint density at radius 2 is 1.92 bits per heavy atom. The Kier molecular flexibility index (Phi) is 4.12. The molecule has 126 valence electrons. The van der Waals surface area contributed by atoms with Gasteiger partial charge in [-0.1, -0.05) is 31.2 Å². The molecule has 0 radical (unpaired) electrons. The summed E-state index contributed by atoms with van der Waals surface area (Å²) in [7, 11) is 0. The SMILES string of the molecule is CCC(N)n1ccc2cc(OCc3ccc4ccccc4n3)ccc21. The third-order valence-electron chi connectivity index (χ3n) is 4.51. The van der Waals surface area contributed by atoms with Crippen molar-refractivity contribution in [2.24, 2.45) is 5.73 Å². The van der Waals surface area contributed by atoms with Crippen molar-refractivity contribution >= 4 is 21.8 Å². The first-order chi connectivity index (χ1) is 12.2. The van der Waals surface area contributed by atoms with Gasteiger partial charge in [0.15, 0.2) is 0 Å². The minimum atomic E-state index is 0.00562. The Labute approximate surface area is 146 Å². The van der Waals surface area contributed by atoms with Gasteiger partial charge in [0, 0.05) is 22.5 Å². The summed E-state index contributed by atoms with van der Waals surface area (Å²) in [4.78, 5) is 4.65. The summed E-state index contributed by atoms with van der Waals surface area (Å²) in [6.45, 7) is 2.54. The molecule has 4 heteroatoms. The number of aromatic nitrogens is 2. The predicted octanol–water partition coefficient (Wildman–Crippen LogP) is 4.64. The van der Waals surface area contributed by atoms with Crippen LogP contribution < -0.4 is 10.5 Å². The summed E-state index contributed by atoms with van der Waals surface area (Å²) in [6, 6.07) is 20.4. The van der Waals surface area contributed by atoms with Gasteiger partial charge in [0.05, 0.1) is 17.4 Å². The van der Waals surface area contributed by atoms with Crippen molar-refractivity contribution in [3.63, 3.8) is 0 Å². The maximum Gasteiger partial charge on any atom is 0.130 e. The lowest BCUT2D eigenvalue weighted by Gasteiger charge is -2.13. The van der Waals surface area contributed by atoms with E-state index in [1.807, 2.05) is 36.5 Å². The fourth-order valence-electron chi connectivity index (χ4n) is 3.06. The van der Waals surface area contributed by atoms with Gasteiger partial charge in [-0.15, -0.1) is 0 Å². The highest BCUT2D eigenvalue weighted by molar-refractivity contribution is 5.82. The summed E-state index contributed by atoms with van der Waals surface area (Å²) in [5, 5.41) is 2.27. The van der Waals surface area contributed by atoms with Crippen LogP contribution in [0.4, 0.5) is 0 Å². The molecule has 0 aliphatic heterocycles. The van der Waals surface area contributed by atoms with E-state index < -0.39 is 0 Å². The summed E-state index contributed by atoms with van der Waals surface area (Å²) < 4.78 is 8.04. The minimum Gasteiger partial charge on any atom is -0.487 e. The standard InChI is InChI=1S/C21H21N3O/c1-2-21(22)24-12-11-16-13-18(9-10-20(16)24)25-14-17-8-7-15-5-3-4-6-19(15)23-17/h3-13,21H,2,14,22H2,1H3. The molecular weight excluding hydrogens is 310 g/mol. The molecule has 2 heterocycles. The van der Waals surface area contributed by atoms with Gasteiger partial charge < -0.3 is 15.0 Å². The van der Waals surface area contributed by atoms with Crippen LogP contribution in [0.15, 0.2) is 66.9 Å². The zero-order chi connectivity index (χ0) is 17.2. The van der Waals surface area contributed by atoms with E-state index in [0.717, 1.165) is 39.7 Å². The Morgan fingerprint density at radius 3 is 2.80 bits per heavy atom. The Hall–Kier alpha value is -2.85. The van der Waals surface area contributed by atoms with E-state index in [0.29, 0.717) is 6.61 Å². The molecule has 0 saturated carbocycles.